The van der Waals surface area contributed by atoms with Gasteiger partial charge < -0.3 is 20.7 Å². The molecule has 1 saturated heterocycles. The Morgan fingerprint density at radius 2 is 1.89 bits per heavy atom. The molecule has 0 spiro atoms. The summed E-state index contributed by atoms with van der Waals surface area (Å²) in [5.74, 6) is -0.214. The average molecular weight is 266 g/mol. The number of morpholine rings is 1. The lowest BCUT2D eigenvalue weighted by Crippen LogP contribution is -2.48. The van der Waals surface area contributed by atoms with Crippen molar-refractivity contribution in [1.82, 2.24) is 4.90 Å². The molecular formula is C14H22N2O3. The highest BCUT2D eigenvalue weighted by molar-refractivity contribution is 5.41. The third-order valence-corrected chi connectivity index (χ3v) is 3.50. The number of hydrogen-bond donors (Lipinski definition) is 3. The maximum atomic E-state index is 9.61. The number of ether oxygens (including phenoxy) is 1. The van der Waals surface area contributed by atoms with Crippen molar-refractivity contribution < 1.29 is 14.9 Å². The Labute approximate surface area is 113 Å². The van der Waals surface area contributed by atoms with Gasteiger partial charge in [-0.1, -0.05) is 6.07 Å². The minimum absolute atomic E-state index is 0.0281. The lowest BCUT2D eigenvalue weighted by Gasteiger charge is -2.40. The molecule has 0 bridgehead atoms. The van der Waals surface area contributed by atoms with Crippen LogP contribution in [0.5, 0.6) is 11.5 Å². The van der Waals surface area contributed by atoms with Crippen LogP contribution >= 0.6 is 0 Å². The summed E-state index contributed by atoms with van der Waals surface area (Å²) in [6.07, 6.45) is 0.340. The van der Waals surface area contributed by atoms with Crippen LogP contribution in [0.25, 0.3) is 0 Å². The van der Waals surface area contributed by atoms with Crippen molar-refractivity contribution in [2.24, 2.45) is 5.73 Å². The fourth-order valence-electron chi connectivity index (χ4n) is 2.72. The van der Waals surface area contributed by atoms with Crippen LogP contribution in [0.15, 0.2) is 18.2 Å². The van der Waals surface area contributed by atoms with Crippen molar-refractivity contribution in [3.05, 3.63) is 23.8 Å². The number of benzene rings is 1. The summed E-state index contributed by atoms with van der Waals surface area (Å²) in [5, 5.41) is 19.0. The van der Waals surface area contributed by atoms with E-state index < -0.39 is 0 Å². The Bertz CT molecular complexity index is 429. The molecule has 0 aliphatic carbocycles. The Morgan fingerprint density at radius 3 is 2.42 bits per heavy atom. The Hall–Kier alpha value is -1.30. The Balaban J connectivity index is 2.21. The highest BCUT2D eigenvalue weighted by Crippen LogP contribution is 2.31. The van der Waals surface area contributed by atoms with E-state index in [1.807, 2.05) is 13.8 Å². The van der Waals surface area contributed by atoms with E-state index in [-0.39, 0.29) is 29.7 Å². The van der Waals surface area contributed by atoms with Crippen molar-refractivity contribution >= 4 is 0 Å². The lowest BCUT2D eigenvalue weighted by atomic mass is 10.0. The molecule has 3 unspecified atom stereocenters. The maximum absolute atomic E-state index is 9.61. The van der Waals surface area contributed by atoms with Crippen molar-refractivity contribution in [3.8, 4) is 11.5 Å². The zero-order valence-electron chi connectivity index (χ0n) is 11.4. The second kappa shape index (κ2) is 5.77. The minimum Gasteiger partial charge on any atom is -0.504 e. The molecular weight excluding hydrogens is 244 g/mol. The lowest BCUT2D eigenvalue weighted by molar-refractivity contribution is -0.0799. The molecule has 1 aliphatic heterocycles. The predicted octanol–water partition coefficient (Wildman–Crippen LogP) is 1.21. The first-order valence-electron chi connectivity index (χ1n) is 6.62. The first-order valence-corrected chi connectivity index (χ1v) is 6.62. The molecule has 1 heterocycles. The third kappa shape index (κ3) is 3.18. The van der Waals surface area contributed by atoms with E-state index in [2.05, 4.69) is 4.90 Å². The van der Waals surface area contributed by atoms with E-state index in [0.29, 0.717) is 6.54 Å². The molecule has 0 radical (unpaired) electrons. The summed E-state index contributed by atoms with van der Waals surface area (Å²) < 4.78 is 5.72. The average Bonchev–Trinajstić information content (AvgIpc) is 2.33. The van der Waals surface area contributed by atoms with Crippen LogP contribution in [-0.4, -0.2) is 47.0 Å². The number of nitrogens with zero attached hydrogens (tertiary/aromatic N) is 1. The molecule has 1 aromatic carbocycles. The van der Waals surface area contributed by atoms with E-state index in [1.54, 1.807) is 12.1 Å². The van der Waals surface area contributed by atoms with Gasteiger partial charge in [-0.3, -0.25) is 4.90 Å². The monoisotopic (exact) mass is 266 g/mol. The largest absolute Gasteiger partial charge is 0.504 e. The SMILES string of the molecule is CC1CN(C(CN)c2ccc(O)c(O)c2)CC(C)O1. The third-order valence-electron chi connectivity index (χ3n) is 3.50. The molecule has 1 aliphatic rings. The molecule has 3 atom stereocenters. The van der Waals surface area contributed by atoms with Crippen LogP contribution in [0, 0.1) is 0 Å². The second-order valence-electron chi connectivity index (χ2n) is 5.21. The van der Waals surface area contributed by atoms with Gasteiger partial charge in [0.25, 0.3) is 0 Å². The number of nitrogens with two attached hydrogens (primary N) is 1. The van der Waals surface area contributed by atoms with Crippen LogP contribution in [-0.2, 0) is 4.74 Å². The molecule has 0 amide bonds. The molecule has 0 aromatic heterocycles. The van der Waals surface area contributed by atoms with Crippen molar-refractivity contribution in [3.63, 3.8) is 0 Å². The molecule has 0 saturated carbocycles. The second-order valence-corrected chi connectivity index (χ2v) is 5.21. The Kier molecular flexibility index (Phi) is 4.29. The first-order chi connectivity index (χ1) is 9.01. The van der Waals surface area contributed by atoms with E-state index in [9.17, 15) is 10.2 Å². The van der Waals surface area contributed by atoms with Gasteiger partial charge >= 0.3 is 0 Å². The fourth-order valence-corrected chi connectivity index (χ4v) is 2.72. The van der Waals surface area contributed by atoms with Gasteiger partial charge in [0, 0.05) is 25.7 Å². The van der Waals surface area contributed by atoms with Gasteiger partial charge in [0.1, 0.15) is 0 Å². The summed E-state index contributed by atoms with van der Waals surface area (Å²) in [6.45, 7) is 6.18. The van der Waals surface area contributed by atoms with Gasteiger partial charge in [-0.15, -0.1) is 0 Å². The minimum atomic E-state index is -0.108. The van der Waals surface area contributed by atoms with Gasteiger partial charge in [-0.05, 0) is 31.5 Å². The predicted molar refractivity (Wildman–Crippen MR) is 73.1 cm³/mol. The number of hydrogen-bond acceptors (Lipinski definition) is 5. The van der Waals surface area contributed by atoms with Crippen molar-refractivity contribution in [1.29, 1.82) is 0 Å². The molecule has 4 N–H and O–H groups in total. The van der Waals surface area contributed by atoms with E-state index in [0.717, 1.165) is 18.7 Å². The number of rotatable bonds is 3. The molecule has 2 rings (SSSR count). The first kappa shape index (κ1) is 14.1. The molecule has 19 heavy (non-hydrogen) atoms. The molecule has 106 valence electrons. The zero-order chi connectivity index (χ0) is 14.0. The normalized spacial score (nSPS) is 26.3. The van der Waals surface area contributed by atoms with Crippen LogP contribution in [0.1, 0.15) is 25.5 Å². The summed E-state index contributed by atoms with van der Waals surface area (Å²) in [7, 11) is 0. The van der Waals surface area contributed by atoms with E-state index in [4.69, 9.17) is 10.5 Å². The number of phenolic OH excluding ortho intramolecular Hbond substituents is 2. The standard InChI is InChI=1S/C14H22N2O3/c1-9-7-16(8-10(2)19-9)12(6-15)11-3-4-13(17)14(18)5-11/h3-5,9-10,12,17-18H,6-8,15H2,1-2H3. The highest BCUT2D eigenvalue weighted by Gasteiger charge is 2.28. The molecule has 5 nitrogen and oxygen atoms in total. The maximum Gasteiger partial charge on any atom is 0.157 e. The topological polar surface area (TPSA) is 79.0 Å². The molecule has 1 aromatic rings. The summed E-state index contributed by atoms with van der Waals surface area (Å²) in [4.78, 5) is 2.27. The van der Waals surface area contributed by atoms with Crippen LogP contribution in [0.4, 0.5) is 0 Å². The van der Waals surface area contributed by atoms with Crippen molar-refractivity contribution in [2.75, 3.05) is 19.6 Å². The summed E-state index contributed by atoms with van der Waals surface area (Å²) in [5.41, 5.74) is 6.80. The van der Waals surface area contributed by atoms with Crippen molar-refractivity contribution in [2.45, 2.75) is 32.1 Å². The summed E-state index contributed by atoms with van der Waals surface area (Å²) >= 11 is 0. The van der Waals surface area contributed by atoms with E-state index in [1.165, 1.54) is 6.07 Å². The van der Waals surface area contributed by atoms with Gasteiger partial charge in [-0.2, -0.15) is 0 Å². The quantitative estimate of drug-likeness (QED) is 0.717. The smallest absolute Gasteiger partial charge is 0.157 e. The molecule has 1 fully saturated rings. The summed E-state index contributed by atoms with van der Waals surface area (Å²) in [6, 6.07) is 4.91. The van der Waals surface area contributed by atoms with Gasteiger partial charge in [0.2, 0.25) is 0 Å². The van der Waals surface area contributed by atoms with Crippen LogP contribution in [0.2, 0.25) is 0 Å². The van der Waals surface area contributed by atoms with Crippen LogP contribution < -0.4 is 5.73 Å². The molecule has 5 heteroatoms. The van der Waals surface area contributed by atoms with E-state index >= 15 is 0 Å². The van der Waals surface area contributed by atoms with Gasteiger partial charge in [0.15, 0.2) is 11.5 Å². The van der Waals surface area contributed by atoms with Gasteiger partial charge in [0.05, 0.1) is 12.2 Å². The zero-order valence-corrected chi connectivity index (χ0v) is 11.4. The van der Waals surface area contributed by atoms with Gasteiger partial charge in [-0.25, -0.2) is 0 Å². The number of phenols is 2. The van der Waals surface area contributed by atoms with Crippen LogP contribution in [0.3, 0.4) is 0 Å². The Morgan fingerprint density at radius 1 is 1.26 bits per heavy atom. The number of aromatic hydroxyl groups is 2. The highest BCUT2D eigenvalue weighted by atomic mass is 16.5. The fraction of sp³-hybridized carbons (Fsp3) is 0.571.